The van der Waals surface area contributed by atoms with E-state index in [0.29, 0.717) is 17.5 Å². The Hall–Kier alpha value is -1.93. The molecule has 1 aliphatic carbocycles. The molecule has 0 saturated carbocycles. The summed E-state index contributed by atoms with van der Waals surface area (Å²) in [4.78, 5) is 12.3. The molecule has 0 spiro atoms. The molecule has 0 radical (unpaired) electrons. The van der Waals surface area contributed by atoms with Gasteiger partial charge < -0.3 is 5.11 Å². The predicted octanol–water partition coefficient (Wildman–Crippen LogP) is 2.31. The van der Waals surface area contributed by atoms with Crippen LogP contribution in [0, 0.1) is 0 Å². The highest BCUT2D eigenvalue weighted by molar-refractivity contribution is 6.07. The summed E-state index contributed by atoms with van der Waals surface area (Å²) in [5.74, 6) is -0.195. The van der Waals surface area contributed by atoms with Crippen LogP contribution in [0.3, 0.4) is 0 Å². The van der Waals surface area contributed by atoms with E-state index in [1.165, 1.54) is 0 Å². The van der Waals surface area contributed by atoms with Crippen molar-refractivity contribution in [2.24, 2.45) is 0 Å². The maximum atomic E-state index is 12.3. The van der Waals surface area contributed by atoms with Crippen LogP contribution in [0.1, 0.15) is 21.5 Å². The first-order valence-electron chi connectivity index (χ1n) is 5.62. The van der Waals surface area contributed by atoms with Gasteiger partial charge >= 0.3 is 0 Å². The van der Waals surface area contributed by atoms with E-state index in [-0.39, 0.29) is 5.78 Å². The molecular formula is C15H12O2. The fourth-order valence-corrected chi connectivity index (χ4v) is 2.42. The van der Waals surface area contributed by atoms with Crippen molar-refractivity contribution in [3.63, 3.8) is 0 Å². The van der Waals surface area contributed by atoms with Crippen LogP contribution >= 0.6 is 0 Å². The summed E-state index contributed by atoms with van der Waals surface area (Å²) in [6, 6.07) is 16.5. The molecule has 0 aliphatic heterocycles. The zero-order chi connectivity index (χ0) is 11.9. The molecule has 84 valence electrons. The Morgan fingerprint density at radius 1 is 0.941 bits per heavy atom. The molecule has 1 N–H and O–H groups in total. The highest BCUT2D eigenvalue weighted by atomic mass is 16.3. The van der Waals surface area contributed by atoms with Gasteiger partial charge in [0.1, 0.15) is 0 Å². The average molecular weight is 224 g/mol. The molecule has 1 aliphatic rings. The van der Waals surface area contributed by atoms with E-state index >= 15 is 0 Å². The zero-order valence-corrected chi connectivity index (χ0v) is 9.26. The molecule has 0 amide bonds. The highest BCUT2D eigenvalue weighted by Crippen LogP contribution is 2.37. The highest BCUT2D eigenvalue weighted by Gasteiger charge is 2.44. The van der Waals surface area contributed by atoms with Gasteiger partial charge in [-0.15, -0.1) is 0 Å². The van der Waals surface area contributed by atoms with Crippen LogP contribution in [-0.4, -0.2) is 10.9 Å². The fourth-order valence-electron chi connectivity index (χ4n) is 2.42. The lowest BCUT2D eigenvalue weighted by Crippen LogP contribution is -2.32. The lowest BCUT2D eigenvalue weighted by molar-refractivity contribution is 0.0355. The van der Waals surface area contributed by atoms with Gasteiger partial charge in [-0.05, 0) is 11.1 Å². The molecule has 0 bridgehead atoms. The number of rotatable bonds is 1. The van der Waals surface area contributed by atoms with Gasteiger partial charge in [0.15, 0.2) is 11.4 Å². The zero-order valence-electron chi connectivity index (χ0n) is 9.26. The first kappa shape index (κ1) is 10.2. The summed E-state index contributed by atoms with van der Waals surface area (Å²) >= 11 is 0. The second-order valence-electron chi connectivity index (χ2n) is 4.39. The molecule has 3 rings (SSSR count). The number of benzene rings is 2. The van der Waals surface area contributed by atoms with Crippen molar-refractivity contribution in [1.82, 2.24) is 0 Å². The summed E-state index contributed by atoms with van der Waals surface area (Å²) in [6.07, 6.45) is 0.367. The summed E-state index contributed by atoms with van der Waals surface area (Å²) in [5, 5.41) is 10.6. The van der Waals surface area contributed by atoms with E-state index < -0.39 is 5.60 Å². The minimum Gasteiger partial charge on any atom is -0.377 e. The first-order chi connectivity index (χ1) is 8.22. The normalized spacial score (nSPS) is 22.5. The van der Waals surface area contributed by atoms with Gasteiger partial charge in [0.2, 0.25) is 0 Å². The molecule has 2 aromatic rings. The second-order valence-corrected chi connectivity index (χ2v) is 4.39. The maximum absolute atomic E-state index is 12.3. The minimum atomic E-state index is -1.38. The van der Waals surface area contributed by atoms with Gasteiger partial charge in [-0.3, -0.25) is 4.79 Å². The molecule has 0 fully saturated rings. The number of fused-ring (bicyclic) bond motifs is 1. The smallest absolute Gasteiger partial charge is 0.199 e. The quantitative estimate of drug-likeness (QED) is 0.807. The molecular weight excluding hydrogens is 212 g/mol. The SMILES string of the molecule is O=C1c2ccccc2C[C@]1(O)c1ccccc1. The van der Waals surface area contributed by atoms with Gasteiger partial charge in [-0.1, -0.05) is 54.6 Å². The van der Waals surface area contributed by atoms with Crippen molar-refractivity contribution in [2.75, 3.05) is 0 Å². The van der Waals surface area contributed by atoms with E-state index in [1.54, 1.807) is 18.2 Å². The van der Waals surface area contributed by atoms with Gasteiger partial charge in [0.25, 0.3) is 0 Å². The van der Waals surface area contributed by atoms with E-state index in [4.69, 9.17) is 0 Å². The third-order valence-electron chi connectivity index (χ3n) is 3.34. The Balaban J connectivity index is 2.12. The van der Waals surface area contributed by atoms with Crippen LogP contribution in [0.25, 0.3) is 0 Å². The van der Waals surface area contributed by atoms with E-state index in [1.807, 2.05) is 36.4 Å². The van der Waals surface area contributed by atoms with E-state index in [9.17, 15) is 9.90 Å². The monoisotopic (exact) mass is 224 g/mol. The Bertz CT molecular complexity index is 574. The Morgan fingerprint density at radius 2 is 1.59 bits per heavy atom. The molecule has 17 heavy (non-hydrogen) atoms. The molecule has 0 unspecified atom stereocenters. The lowest BCUT2D eigenvalue weighted by Gasteiger charge is -2.20. The first-order valence-corrected chi connectivity index (χ1v) is 5.62. The van der Waals surface area contributed by atoms with Crippen LogP contribution in [0.2, 0.25) is 0 Å². The summed E-state index contributed by atoms with van der Waals surface area (Å²) in [7, 11) is 0. The summed E-state index contributed by atoms with van der Waals surface area (Å²) < 4.78 is 0. The average Bonchev–Trinajstić information content (AvgIpc) is 2.65. The van der Waals surface area contributed by atoms with Gasteiger partial charge in [0, 0.05) is 12.0 Å². The van der Waals surface area contributed by atoms with Crippen molar-refractivity contribution in [3.05, 3.63) is 71.3 Å². The number of carbonyl (C=O) groups excluding carboxylic acids is 1. The van der Waals surface area contributed by atoms with Crippen LogP contribution in [0.4, 0.5) is 0 Å². The number of aliphatic hydroxyl groups is 1. The Labute approximate surface area is 99.5 Å². The van der Waals surface area contributed by atoms with Crippen LogP contribution < -0.4 is 0 Å². The molecule has 1 atom stereocenters. The third kappa shape index (κ3) is 1.41. The number of ketones is 1. The Morgan fingerprint density at radius 3 is 2.29 bits per heavy atom. The summed E-state index contributed by atoms with van der Waals surface area (Å²) in [5.41, 5.74) is 0.842. The van der Waals surface area contributed by atoms with Crippen molar-refractivity contribution in [1.29, 1.82) is 0 Å². The third-order valence-corrected chi connectivity index (χ3v) is 3.34. The van der Waals surface area contributed by atoms with Crippen LogP contribution in [-0.2, 0) is 12.0 Å². The van der Waals surface area contributed by atoms with Crippen molar-refractivity contribution >= 4 is 5.78 Å². The van der Waals surface area contributed by atoms with Crippen LogP contribution in [0.5, 0.6) is 0 Å². The molecule has 2 heteroatoms. The molecule has 0 heterocycles. The predicted molar refractivity (Wildman–Crippen MR) is 64.8 cm³/mol. The maximum Gasteiger partial charge on any atom is 0.199 e. The fraction of sp³-hybridized carbons (Fsp3) is 0.133. The van der Waals surface area contributed by atoms with E-state index in [2.05, 4.69) is 0 Å². The molecule has 0 aromatic heterocycles. The standard InChI is InChI=1S/C15H12O2/c16-14-13-9-5-4-6-11(13)10-15(14,17)12-7-2-1-3-8-12/h1-9,17H,10H2/t15-/m0/s1. The Kier molecular flexibility index (Phi) is 2.13. The molecule has 0 saturated heterocycles. The van der Waals surface area contributed by atoms with Crippen molar-refractivity contribution in [3.8, 4) is 0 Å². The van der Waals surface area contributed by atoms with E-state index in [0.717, 1.165) is 5.56 Å². The number of hydrogen-bond donors (Lipinski definition) is 1. The van der Waals surface area contributed by atoms with Gasteiger partial charge in [0.05, 0.1) is 0 Å². The van der Waals surface area contributed by atoms with Gasteiger partial charge in [-0.2, -0.15) is 0 Å². The number of carbonyl (C=O) groups is 1. The summed E-state index contributed by atoms with van der Waals surface area (Å²) in [6.45, 7) is 0. The largest absolute Gasteiger partial charge is 0.377 e. The molecule has 2 aromatic carbocycles. The lowest BCUT2D eigenvalue weighted by atomic mass is 9.90. The minimum absolute atomic E-state index is 0.195. The topological polar surface area (TPSA) is 37.3 Å². The number of Topliss-reactive ketones (excluding diaryl/α,β-unsaturated/α-hetero) is 1. The molecule has 2 nitrogen and oxygen atoms in total. The van der Waals surface area contributed by atoms with Crippen molar-refractivity contribution in [2.45, 2.75) is 12.0 Å². The van der Waals surface area contributed by atoms with Crippen molar-refractivity contribution < 1.29 is 9.90 Å². The second kappa shape index (κ2) is 3.54. The van der Waals surface area contributed by atoms with Gasteiger partial charge in [-0.25, -0.2) is 0 Å². The van der Waals surface area contributed by atoms with Crippen LogP contribution in [0.15, 0.2) is 54.6 Å². The number of hydrogen-bond acceptors (Lipinski definition) is 2.